The molecule has 0 radical (unpaired) electrons. The van der Waals surface area contributed by atoms with Crippen LogP contribution in [0.2, 0.25) is 0 Å². The van der Waals surface area contributed by atoms with E-state index in [4.69, 9.17) is 41.0 Å². The molecule has 6 aliphatic carbocycles. The van der Waals surface area contributed by atoms with Crippen molar-refractivity contribution in [2.75, 3.05) is 14.2 Å². The number of thiophene rings is 1. The molecule has 2 atom stereocenters. The van der Waals surface area contributed by atoms with Crippen molar-refractivity contribution in [2.24, 2.45) is 5.92 Å². The molecular formula is C91H99FN12O17S. The number of amides is 6. The minimum absolute atomic E-state index is 0.0499. The highest BCUT2D eigenvalue weighted by Gasteiger charge is 2.32. The average molecular weight is 1680 g/mol. The number of phenolic OH excluding ortho intramolecular Hbond substituents is 1. The maximum absolute atomic E-state index is 13.0. The average Bonchev–Trinajstić information content (AvgIpc) is 1.34. The summed E-state index contributed by atoms with van der Waals surface area (Å²) in [4.78, 5) is 86.2. The van der Waals surface area contributed by atoms with Crippen molar-refractivity contribution in [3.63, 3.8) is 0 Å². The molecule has 638 valence electrons. The highest BCUT2D eigenvalue weighted by Crippen LogP contribution is 2.32. The summed E-state index contributed by atoms with van der Waals surface area (Å²) in [5.74, 6) is 5.11. The molecule has 6 aliphatic rings. The zero-order chi connectivity index (χ0) is 85.1. The van der Waals surface area contributed by atoms with Gasteiger partial charge in [-0.25, -0.2) is 4.39 Å². The first-order valence-corrected chi connectivity index (χ1v) is 42.3. The summed E-state index contributed by atoms with van der Waals surface area (Å²) in [5.41, 5.74) is 11.5. The van der Waals surface area contributed by atoms with E-state index in [0.29, 0.717) is 66.1 Å². The minimum Gasteiger partial charge on any atom is -0.508 e. The molecule has 0 saturated carbocycles. The number of nitrogens with one attached hydrogen (secondary N) is 6. The number of halogens is 1. The lowest BCUT2D eigenvalue weighted by Crippen LogP contribution is -2.31. The van der Waals surface area contributed by atoms with Crippen LogP contribution < -0.4 is 36.6 Å². The summed E-state index contributed by atoms with van der Waals surface area (Å²) in [6.45, 7) is 4.30. The zero-order valence-corrected chi connectivity index (χ0v) is 69.2. The van der Waals surface area contributed by atoms with Crippen LogP contribution in [0.5, 0.6) is 11.5 Å². The Kier molecular flexibility index (Phi) is 30.8. The lowest BCUT2D eigenvalue weighted by Gasteiger charge is -2.18. The quantitative estimate of drug-likeness (QED) is 0.0329. The second kappa shape index (κ2) is 43.3. The van der Waals surface area contributed by atoms with Crippen LogP contribution in [0.15, 0.2) is 171 Å². The molecular weight excluding hydrogens is 1580 g/mol. The molecule has 8 heterocycles. The number of fused-ring (bicyclic) bond motifs is 6. The third kappa shape index (κ3) is 23.3. The second-order valence-corrected chi connectivity index (χ2v) is 31.4. The van der Waals surface area contributed by atoms with E-state index in [1.54, 1.807) is 55.0 Å². The van der Waals surface area contributed by atoms with Gasteiger partial charge in [0.25, 0.3) is 35.4 Å². The van der Waals surface area contributed by atoms with Crippen molar-refractivity contribution in [3.05, 3.63) is 280 Å². The number of carbonyl (C=O) groups excluding carboxylic acids is 7. The van der Waals surface area contributed by atoms with Crippen molar-refractivity contribution in [3.8, 4) is 11.5 Å². The number of ether oxygens (including phenoxy) is 2. The van der Waals surface area contributed by atoms with Crippen molar-refractivity contribution in [1.29, 1.82) is 0 Å². The Labute approximate surface area is 707 Å². The molecule has 29 nitrogen and oxygen atoms in total. The monoisotopic (exact) mass is 1680 g/mol. The SMILES string of the molecule is CC1CCc2onc(C(=O)NCc3ccco3)c2C1.COC(=O)CC(NC(=O)c1noc2c1CCCC2)c1cccc(O)c1.COc1ccccc1CNC(=O)c1noc2c1CCCC2.O=C(NCc1cccc(F)c1)c1noc2c1CCCC2.O=C(NCc1ccccc1)c1noc2c1CCCC2.O=C(NCc1cccs1)c1noc2c1CCCC2. The molecule has 4 aromatic carbocycles. The van der Waals surface area contributed by atoms with Crippen LogP contribution in [0.3, 0.4) is 0 Å². The first kappa shape index (κ1) is 86.8. The van der Waals surface area contributed by atoms with Crippen molar-refractivity contribution < 1.29 is 84.1 Å². The van der Waals surface area contributed by atoms with Crippen LogP contribution >= 0.6 is 11.3 Å². The molecule has 6 amide bonds. The summed E-state index contributed by atoms with van der Waals surface area (Å²) < 4.78 is 59.7. The number of para-hydroxylation sites is 1. The Morgan fingerprint density at radius 1 is 0.451 bits per heavy atom. The molecule has 8 aromatic heterocycles. The highest BCUT2D eigenvalue weighted by molar-refractivity contribution is 7.09. The highest BCUT2D eigenvalue weighted by atomic mass is 32.1. The van der Waals surface area contributed by atoms with E-state index in [1.807, 2.05) is 78.2 Å². The van der Waals surface area contributed by atoms with Gasteiger partial charge in [-0.3, -0.25) is 33.6 Å². The van der Waals surface area contributed by atoms with Crippen LogP contribution in [-0.2, 0) is 119 Å². The summed E-state index contributed by atoms with van der Waals surface area (Å²) >= 11 is 1.63. The van der Waals surface area contributed by atoms with E-state index in [2.05, 4.69) is 69.8 Å². The summed E-state index contributed by atoms with van der Waals surface area (Å²) in [6.07, 6.45) is 23.7. The molecule has 7 N–H and O–H groups in total. The minimum atomic E-state index is -0.636. The molecule has 31 heteroatoms. The number of phenols is 1. The van der Waals surface area contributed by atoms with E-state index in [1.165, 1.54) is 31.4 Å². The van der Waals surface area contributed by atoms with Crippen LogP contribution in [-0.4, -0.2) is 91.7 Å². The number of methoxy groups -OCH3 is 2. The van der Waals surface area contributed by atoms with Crippen molar-refractivity contribution in [1.82, 2.24) is 62.8 Å². The molecule has 0 bridgehead atoms. The van der Waals surface area contributed by atoms with Gasteiger partial charge in [-0.1, -0.05) is 117 Å². The molecule has 18 rings (SSSR count). The van der Waals surface area contributed by atoms with Crippen LogP contribution in [0.4, 0.5) is 4.39 Å². The normalized spacial score (nSPS) is 14.6. The number of aryl methyl sites for hydroxylation is 6. The smallest absolute Gasteiger partial charge is 0.307 e. The molecule has 0 aliphatic heterocycles. The summed E-state index contributed by atoms with van der Waals surface area (Å²) in [7, 11) is 2.91. The van der Waals surface area contributed by atoms with Crippen molar-refractivity contribution in [2.45, 2.75) is 200 Å². The van der Waals surface area contributed by atoms with Gasteiger partial charge in [0.05, 0.1) is 46.0 Å². The fourth-order valence-electron chi connectivity index (χ4n) is 15.3. The standard InChI is InChI=1S/C18H20N2O5.C16H18N2O3.C15H15FN2O2.C15H16N2O2.C14H16N2O3.C13H14N2O2S/c1-24-16(22)10-14(11-5-4-6-12(21)9-11)19-18(23)17-13-7-2-3-8-15(13)25-20-17;1-20-13-8-4-2-6-11(13)10-17-16(19)15-12-7-3-5-9-14(12)21-18-15;16-11-5-3-4-10(8-11)9-17-15(19)14-12-6-1-2-7-13(12)20-18-14;18-15(16-10-11-6-2-1-3-7-11)14-12-8-4-5-9-13(12)19-17-14;1-9-4-5-12-11(7-9)13(16-19-12)14(17)15-8-10-3-2-6-18-10;16-13(14-8-9-4-3-7-18-9)12-10-5-1-2-6-11(10)17-15-12/h4-6,9,14,21H,2-3,7-8,10H2,1H3,(H,19,23);2,4,6,8H,3,5,7,9-10H2,1H3,(H,17,19);3-5,8H,1-2,6-7,9H2,(H,17,19);1-3,6-7H,4-5,8-10H2,(H,16,18);2-3,6,9H,4-5,7-8H2,1H3,(H,15,17);3-4,7H,1-2,5-6,8H2,(H,14,16). The fraction of sp³-hybridized carbons (Fsp3) is 0.374. The van der Waals surface area contributed by atoms with E-state index in [-0.39, 0.29) is 59.8 Å². The van der Waals surface area contributed by atoms with Crippen LogP contribution in [0.25, 0.3) is 0 Å². The van der Waals surface area contributed by atoms with Gasteiger partial charge in [-0.2, -0.15) is 0 Å². The fourth-order valence-corrected chi connectivity index (χ4v) is 15.9. The number of benzene rings is 4. The maximum atomic E-state index is 13.0. The second-order valence-electron chi connectivity index (χ2n) is 30.4. The molecule has 2 unspecified atom stereocenters. The van der Waals surface area contributed by atoms with Gasteiger partial charge in [0.1, 0.15) is 57.6 Å². The number of aromatic hydroxyl groups is 1. The number of aromatic nitrogens is 6. The molecule has 0 saturated heterocycles. The Bertz CT molecular complexity index is 5490. The number of esters is 1. The first-order chi connectivity index (χ1) is 59.5. The molecule has 0 fully saturated rings. The van der Waals surface area contributed by atoms with Crippen LogP contribution in [0, 0.1) is 11.7 Å². The number of hydrogen-bond donors (Lipinski definition) is 7. The van der Waals surface area contributed by atoms with Gasteiger partial charge in [0.2, 0.25) is 0 Å². The number of carbonyl (C=O) groups is 7. The van der Waals surface area contributed by atoms with E-state index < -0.39 is 17.9 Å². The number of nitrogens with zero attached hydrogens (tertiary/aromatic N) is 6. The van der Waals surface area contributed by atoms with E-state index >= 15 is 0 Å². The molecule has 122 heavy (non-hydrogen) atoms. The third-order valence-corrected chi connectivity index (χ3v) is 22.7. The Morgan fingerprint density at radius 2 is 0.893 bits per heavy atom. The lowest BCUT2D eigenvalue weighted by atomic mass is 9.88. The first-order valence-electron chi connectivity index (χ1n) is 41.4. The maximum Gasteiger partial charge on any atom is 0.307 e. The molecule has 0 spiro atoms. The number of furan rings is 1. The number of rotatable bonds is 21. The molecule has 12 aromatic rings. The largest absolute Gasteiger partial charge is 0.508 e. The van der Waals surface area contributed by atoms with Gasteiger partial charge in [-0.15, -0.1) is 11.3 Å². The van der Waals surface area contributed by atoms with Gasteiger partial charge in [-0.05, 0) is 186 Å². The van der Waals surface area contributed by atoms with Crippen LogP contribution in [0.1, 0.15) is 254 Å². The Balaban J connectivity index is 0.000000127. The Morgan fingerprint density at radius 3 is 1.37 bits per heavy atom. The van der Waals surface area contributed by atoms with Crippen molar-refractivity contribution >= 4 is 52.7 Å². The van der Waals surface area contributed by atoms with Gasteiger partial charge >= 0.3 is 5.97 Å². The van der Waals surface area contributed by atoms with Gasteiger partial charge in [0, 0.05) is 102 Å². The predicted octanol–water partition coefficient (Wildman–Crippen LogP) is 14.8. The third-order valence-electron chi connectivity index (χ3n) is 21.8. The van der Waals surface area contributed by atoms with E-state index in [9.17, 15) is 43.1 Å². The summed E-state index contributed by atoms with van der Waals surface area (Å²) in [6, 6.07) is 37.0. The predicted molar refractivity (Wildman–Crippen MR) is 443 cm³/mol. The van der Waals surface area contributed by atoms with E-state index in [0.717, 1.165) is 249 Å². The topological polar surface area (TPSA) is 400 Å². The number of hydrogen-bond acceptors (Lipinski definition) is 24. The van der Waals surface area contributed by atoms with Gasteiger partial charge in [0.15, 0.2) is 34.2 Å². The lowest BCUT2D eigenvalue weighted by molar-refractivity contribution is -0.141. The summed E-state index contributed by atoms with van der Waals surface area (Å²) in [5, 5.41) is 52.1. The van der Waals surface area contributed by atoms with Gasteiger partial charge < -0.3 is 78.0 Å². The zero-order valence-electron chi connectivity index (χ0n) is 68.4. The Hall–Kier alpha value is -13.1.